The molecule has 0 bridgehead atoms. The van der Waals surface area contributed by atoms with Crippen molar-refractivity contribution >= 4 is 24.0 Å². The highest BCUT2D eigenvalue weighted by Gasteiger charge is 2.07. The third-order valence-corrected chi connectivity index (χ3v) is 1.44. The van der Waals surface area contributed by atoms with Gasteiger partial charge in [0.05, 0.1) is 6.67 Å². The van der Waals surface area contributed by atoms with Crippen LogP contribution in [0.25, 0.3) is 0 Å². The van der Waals surface area contributed by atoms with Gasteiger partial charge in [0.1, 0.15) is 0 Å². The van der Waals surface area contributed by atoms with Crippen LogP contribution in [0.1, 0.15) is 6.92 Å². The van der Waals surface area contributed by atoms with E-state index in [0.717, 1.165) is 6.67 Å². The van der Waals surface area contributed by atoms with E-state index in [4.69, 9.17) is 0 Å². The van der Waals surface area contributed by atoms with E-state index in [2.05, 4.69) is 37.0 Å². The molecular formula is C6H13IN2. The number of hydrogen-bond acceptors (Lipinski definition) is 2. The monoisotopic (exact) mass is 240 g/mol. The quantitative estimate of drug-likeness (QED) is 0.589. The normalized spacial score (nSPS) is 17.4. The SMILES string of the molecule is CC1=CN(C)CN1C.I. The van der Waals surface area contributed by atoms with Gasteiger partial charge in [-0.3, -0.25) is 0 Å². The summed E-state index contributed by atoms with van der Waals surface area (Å²) in [5.74, 6) is 0. The van der Waals surface area contributed by atoms with Crippen molar-refractivity contribution < 1.29 is 0 Å². The van der Waals surface area contributed by atoms with E-state index in [1.807, 2.05) is 0 Å². The van der Waals surface area contributed by atoms with Crippen LogP contribution in [0.5, 0.6) is 0 Å². The molecule has 0 saturated heterocycles. The number of halogens is 1. The minimum Gasteiger partial charge on any atom is -0.361 e. The maximum Gasteiger partial charge on any atom is 0.0890 e. The number of allylic oxidation sites excluding steroid dienone is 1. The summed E-state index contributed by atoms with van der Waals surface area (Å²) in [4.78, 5) is 4.37. The topological polar surface area (TPSA) is 6.48 Å². The second-order valence-electron chi connectivity index (χ2n) is 2.37. The molecule has 1 aliphatic heterocycles. The van der Waals surface area contributed by atoms with Crippen LogP contribution < -0.4 is 0 Å². The average molecular weight is 240 g/mol. The molecule has 0 unspecified atom stereocenters. The molecule has 9 heavy (non-hydrogen) atoms. The molecular weight excluding hydrogens is 227 g/mol. The lowest BCUT2D eigenvalue weighted by Crippen LogP contribution is -2.19. The van der Waals surface area contributed by atoms with Crippen molar-refractivity contribution in [1.29, 1.82) is 0 Å². The maximum absolute atomic E-state index is 2.21. The van der Waals surface area contributed by atoms with E-state index in [9.17, 15) is 0 Å². The summed E-state index contributed by atoms with van der Waals surface area (Å²) in [5.41, 5.74) is 1.34. The second kappa shape index (κ2) is 3.29. The van der Waals surface area contributed by atoms with Crippen LogP contribution in [0.4, 0.5) is 0 Å². The molecule has 2 nitrogen and oxygen atoms in total. The number of rotatable bonds is 0. The summed E-state index contributed by atoms with van der Waals surface area (Å²) in [5, 5.41) is 0. The summed E-state index contributed by atoms with van der Waals surface area (Å²) in [6.07, 6.45) is 2.14. The zero-order valence-electron chi connectivity index (χ0n) is 6.09. The molecule has 0 fully saturated rings. The van der Waals surface area contributed by atoms with Crippen molar-refractivity contribution in [2.24, 2.45) is 0 Å². The Morgan fingerprint density at radius 2 is 2.00 bits per heavy atom. The zero-order chi connectivity index (χ0) is 6.15. The van der Waals surface area contributed by atoms with Gasteiger partial charge in [0.25, 0.3) is 0 Å². The van der Waals surface area contributed by atoms with Gasteiger partial charge in [0.15, 0.2) is 0 Å². The molecule has 0 saturated carbocycles. The molecule has 0 amide bonds. The smallest absolute Gasteiger partial charge is 0.0890 e. The summed E-state index contributed by atoms with van der Waals surface area (Å²) >= 11 is 0. The Bertz CT molecular complexity index is 122. The molecule has 0 aliphatic carbocycles. The lowest BCUT2D eigenvalue weighted by Gasteiger charge is -2.13. The Balaban J connectivity index is 0.000000640. The lowest BCUT2D eigenvalue weighted by atomic mass is 10.5. The predicted octanol–water partition coefficient (Wildman–Crippen LogP) is 1.30. The highest BCUT2D eigenvalue weighted by Crippen LogP contribution is 2.08. The zero-order valence-corrected chi connectivity index (χ0v) is 8.42. The van der Waals surface area contributed by atoms with Gasteiger partial charge in [-0.1, -0.05) is 0 Å². The lowest BCUT2D eigenvalue weighted by molar-refractivity contribution is 0.328. The van der Waals surface area contributed by atoms with Gasteiger partial charge in [-0.15, -0.1) is 24.0 Å². The molecule has 1 aliphatic rings. The van der Waals surface area contributed by atoms with E-state index in [0.29, 0.717) is 0 Å². The van der Waals surface area contributed by atoms with E-state index >= 15 is 0 Å². The van der Waals surface area contributed by atoms with Crippen molar-refractivity contribution in [1.82, 2.24) is 9.80 Å². The minimum atomic E-state index is 0. The van der Waals surface area contributed by atoms with Gasteiger partial charge in [0.2, 0.25) is 0 Å². The minimum absolute atomic E-state index is 0. The van der Waals surface area contributed by atoms with Crippen LogP contribution in [0.2, 0.25) is 0 Å². The van der Waals surface area contributed by atoms with Crippen LogP contribution in [-0.4, -0.2) is 30.6 Å². The van der Waals surface area contributed by atoms with Crippen LogP contribution >= 0.6 is 24.0 Å². The van der Waals surface area contributed by atoms with Crippen molar-refractivity contribution in [3.8, 4) is 0 Å². The largest absolute Gasteiger partial charge is 0.361 e. The fraction of sp³-hybridized carbons (Fsp3) is 0.667. The molecule has 54 valence electrons. The van der Waals surface area contributed by atoms with Gasteiger partial charge >= 0.3 is 0 Å². The predicted molar refractivity (Wildman–Crippen MR) is 49.6 cm³/mol. The fourth-order valence-corrected chi connectivity index (χ4v) is 0.904. The Labute approximate surface area is 73.5 Å². The average Bonchev–Trinajstić information content (AvgIpc) is 1.85. The Kier molecular flexibility index (Phi) is 3.32. The summed E-state index contributed by atoms with van der Waals surface area (Å²) in [6.45, 7) is 3.15. The van der Waals surface area contributed by atoms with Gasteiger partial charge in [-0.25, -0.2) is 0 Å². The van der Waals surface area contributed by atoms with Crippen LogP contribution in [0, 0.1) is 0 Å². The summed E-state index contributed by atoms with van der Waals surface area (Å²) in [6, 6.07) is 0. The van der Waals surface area contributed by atoms with E-state index in [1.54, 1.807) is 0 Å². The summed E-state index contributed by atoms with van der Waals surface area (Å²) in [7, 11) is 4.17. The first-order chi connectivity index (χ1) is 3.70. The molecule has 0 aromatic carbocycles. The van der Waals surface area contributed by atoms with E-state index < -0.39 is 0 Å². The van der Waals surface area contributed by atoms with Crippen LogP contribution in [0.15, 0.2) is 11.9 Å². The molecule has 0 spiro atoms. The third kappa shape index (κ3) is 2.04. The highest BCUT2D eigenvalue weighted by molar-refractivity contribution is 14.0. The van der Waals surface area contributed by atoms with Gasteiger partial charge in [-0.05, 0) is 6.92 Å². The van der Waals surface area contributed by atoms with Gasteiger partial charge in [-0.2, -0.15) is 0 Å². The second-order valence-corrected chi connectivity index (χ2v) is 2.37. The van der Waals surface area contributed by atoms with Crippen LogP contribution in [-0.2, 0) is 0 Å². The highest BCUT2D eigenvalue weighted by atomic mass is 127. The number of nitrogens with zero attached hydrogens (tertiary/aromatic N) is 2. The Morgan fingerprint density at radius 3 is 2.11 bits per heavy atom. The molecule has 0 atom stereocenters. The van der Waals surface area contributed by atoms with Crippen molar-refractivity contribution in [2.75, 3.05) is 20.8 Å². The third-order valence-electron chi connectivity index (χ3n) is 1.44. The molecule has 0 aromatic heterocycles. The van der Waals surface area contributed by atoms with Crippen molar-refractivity contribution in [3.05, 3.63) is 11.9 Å². The van der Waals surface area contributed by atoms with Gasteiger partial charge < -0.3 is 9.80 Å². The molecule has 0 aromatic rings. The maximum atomic E-state index is 2.21. The van der Waals surface area contributed by atoms with E-state index in [-0.39, 0.29) is 24.0 Å². The first-order valence-corrected chi connectivity index (χ1v) is 2.80. The van der Waals surface area contributed by atoms with Crippen LogP contribution in [0.3, 0.4) is 0 Å². The molecule has 0 radical (unpaired) electrons. The molecule has 1 heterocycles. The fourth-order valence-electron chi connectivity index (χ4n) is 0.904. The Morgan fingerprint density at radius 1 is 1.44 bits per heavy atom. The molecule has 0 N–H and O–H groups in total. The van der Waals surface area contributed by atoms with Crippen molar-refractivity contribution in [2.45, 2.75) is 6.92 Å². The first-order valence-electron chi connectivity index (χ1n) is 2.80. The van der Waals surface area contributed by atoms with Gasteiger partial charge in [0, 0.05) is 26.0 Å². The standard InChI is InChI=1S/C6H12N2.HI/c1-6-4-7(2)5-8(6)3;/h4H,5H2,1-3H3;1H. The van der Waals surface area contributed by atoms with E-state index in [1.165, 1.54) is 5.70 Å². The number of hydrogen-bond donors (Lipinski definition) is 0. The molecule has 3 heteroatoms. The summed E-state index contributed by atoms with van der Waals surface area (Å²) < 4.78 is 0. The first kappa shape index (κ1) is 9.07. The molecule has 1 rings (SSSR count). The van der Waals surface area contributed by atoms with Crippen molar-refractivity contribution in [3.63, 3.8) is 0 Å². The Hall–Kier alpha value is 0.0700.